The topological polar surface area (TPSA) is 95.5 Å². The van der Waals surface area contributed by atoms with E-state index in [1.165, 1.54) is 38.5 Å². The van der Waals surface area contributed by atoms with Crippen molar-refractivity contribution in [3.05, 3.63) is 0 Å². The molecule has 0 heterocycles. The predicted molar refractivity (Wildman–Crippen MR) is 108 cm³/mol. The van der Waals surface area contributed by atoms with Crippen LogP contribution in [0, 0.1) is 0 Å². The number of aliphatic carboxylic acids is 1. The summed E-state index contributed by atoms with van der Waals surface area (Å²) in [7, 11) is 0. The molecule has 0 radical (unpaired) electrons. The van der Waals surface area contributed by atoms with Crippen molar-refractivity contribution in [2.45, 2.75) is 116 Å². The van der Waals surface area contributed by atoms with Crippen LogP contribution in [0.4, 0.5) is 0 Å². The molecule has 0 amide bonds. The Morgan fingerprint density at radius 2 is 1.31 bits per heavy atom. The summed E-state index contributed by atoms with van der Waals surface area (Å²) in [5.41, 5.74) is 0. The molecule has 0 aliphatic rings. The number of rotatable bonds is 19. The molecule has 0 spiro atoms. The van der Waals surface area contributed by atoms with E-state index in [0.717, 1.165) is 32.1 Å². The molecule has 29 heavy (non-hydrogen) atoms. The van der Waals surface area contributed by atoms with Crippen molar-refractivity contribution >= 4 is 17.9 Å². The van der Waals surface area contributed by atoms with Gasteiger partial charge < -0.3 is 20.0 Å². The van der Waals surface area contributed by atoms with Crippen molar-refractivity contribution in [3.8, 4) is 0 Å². The Bertz CT molecular complexity index is 431. The van der Waals surface area contributed by atoms with Crippen LogP contribution in [0.1, 0.15) is 110 Å². The summed E-state index contributed by atoms with van der Waals surface area (Å²) in [6, 6.07) is -0.776. The Morgan fingerprint density at radius 3 is 1.86 bits per heavy atom. The van der Waals surface area contributed by atoms with E-state index in [1.807, 2.05) is 0 Å². The second-order valence-corrected chi connectivity index (χ2v) is 7.50. The van der Waals surface area contributed by atoms with Crippen molar-refractivity contribution in [1.82, 2.24) is 5.32 Å². The van der Waals surface area contributed by atoms with E-state index < -0.39 is 23.9 Å². The minimum absolute atomic E-state index is 0. The fourth-order valence-corrected chi connectivity index (χ4v) is 3.03. The first-order valence-corrected chi connectivity index (χ1v) is 11.2. The molecule has 0 aromatic heterocycles. The second-order valence-electron chi connectivity index (χ2n) is 7.50. The van der Waals surface area contributed by atoms with Gasteiger partial charge in [0.1, 0.15) is 6.04 Å². The van der Waals surface area contributed by atoms with Crippen LogP contribution in [-0.4, -0.2) is 30.5 Å². The molecule has 0 saturated heterocycles. The largest absolute Gasteiger partial charge is 1.00 e. The molecular weight excluding hydrogens is 397 g/mol. The maximum absolute atomic E-state index is 12.2. The fourth-order valence-electron chi connectivity index (χ4n) is 3.03. The third-order valence-corrected chi connectivity index (χ3v) is 4.79. The molecule has 0 bridgehead atoms. The summed E-state index contributed by atoms with van der Waals surface area (Å²) in [6.45, 7) is 4.87. The Balaban J connectivity index is 0. The normalized spacial score (nSPS) is 11.5. The molecule has 0 aromatic carbocycles. The van der Waals surface area contributed by atoms with Crippen LogP contribution in [0.25, 0.3) is 0 Å². The number of carbonyl (C=O) groups is 3. The molecule has 0 rings (SSSR count). The van der Waals surface area contributed by atoms with Crippen LogP contribution in [0.3, 0.4) is 0 Å². The first-order chi connectivity index (χ1) is 13.5. The molecule has 1 atom stereocenters. The molecule has 6 nitrogen and oxygen atoms in total. The molecular formula is C22H40KNO5. The molecule has 0 aliphatic heterocycles. The summed E-state index contributed by atoms with van der Waals surface area (Å²) in [5.74, 6) is -2.42. The number of nitrogens with one attached hydrogen (secondary N) is 1. The zero-order valence-corrected chi connectivity index (χ0v) is 22.1. The van der Waals surface area contributed by atoms with Crippen LogP contribution in [0.15, 0.2) is 0 Å². The molecule has 7 heteroatoms. The van der Waals surface area contributed by atoms with Gasteiger partial charge in [0.05, 0.1) is 0 Å². The SMILES string of the molecule is CCCCCCCCCCCC(=O)OC(=O)C(CCC(=O)[O-])NCCCCC.[K+]. The van der Waals surface area contributed by atoms with Gasteiger partial charge in [-0.15, -0.1) is 0 Å². The van der Waals surface area contributed by atoms with Crippen molar-refractivity contribution in [2.75, 3.05) is 6.54 Å². The summed E-state index contributed by atoms with van der Waals surface area (Å²) in [4.78, 5) is 34.7. The first kappa shape index (κ1) is 31.4. The summed E-state index contributed by atoms with van der Waals surface area (Å²) in [6.07, 6.45) is 13.3. The number of unbranched alkanes of at least 4 members (excludes halogenated alkanes) is 10. The summed E-state index contributed by atoms with van der Waals surface area (Å²) < 4.78 is 4.92. The van der Waals surface area contributed by atoms with E-state index in [1.54, 1.807) is 0 Å². The predicted octanol–water partition coefficient (Wildman–Crippen LogP) is 0.660. The number of carboxylic acid groups (broad SMARTS) is 1. The maximum atomic E-state index is 12.2. The van der Waals surface area contributed by atoms with Gasteiger partial charge in [0, 0.05) is 12.4 Å². The van der Waals surface area contributed by atoms with Gasteiger partial charge in [-0.25, -0.2) is 4.79 Å². The summed E-state index contributed by atoms with van der Waals surface area (Å²) >= 11 is 0. The van der Waals surface area contributed by atoms with E-state index in [-0.39, 0.29) is 70.6 Å². The summed E-state index contributed by atoms with van der Waals surface area (Å²) in [5, 5.41) is 13.7. The van der Waals surface area contributed by atoms with Crippen LogP contribution in [0.2, 0.25) is 0 Å². The number of esters is 2. The van der Waals surface area contributed by atoms with Gasteiger partial charge in [-0.2, -0.15) is 0 Å². The number of carboxylic acids is 1. The van der Waals surface area contributed by atoms with Gasteiger partial charge in [0.2, 0.25) is 0 Å². The molecule has 0 fully saturated rings. The number of hydrogen-bond donors (Lipinski definition) is 1. The molecule has 0 aliphatic carbocycles. The van der Waals surface area contributed by atoms with E-state index in [4.69, 9.17) is 4.74 Å². The molecule has 1 N–H and O–H groups in total. The van der Waals surface area contributed by atoms with Crippen molar-refractivity contribution < 1.29 is 75.6 Å². The average Bonchev–Trinajstić information content (AvgIpc) is 2.65. The van der Waals surface area contributed by atoms with Gasteiger partial charge >= 0.3 is 63.3 Å². The van der Waals surface area contributed by atoms with Crippen LogP contribution < -0.4 is 61.8 Å². The smallest absolute Gasteiger partial charge is 0.550 e. The molecule has 0 saturated carbocycles. The second kappa shape index (κ2) is 22.9. The van der Waals surface area contributed by atoms with Gasteiger partial charge in [0.15, 0.2) is 0 Å². The minimum atomic E-state index is -1.21. The van der Waals surface area contributed by atoms with Crippen LogP contribution in [0.5, 0.6) is 0 Å². The Hall–Kier alpha value is 0.206. The Labute approximate surface area is 219 Å². The fraction of sp³-hybridized carbons (Fsp3) is 0.864. The number of hydrogen-bond acceptors (Lipinski definition) is 6. The third kappa shape index (κ3) is 21.2. The number of carbonyl (C=O) groups excluding carboxylic acids is 3. The molecule has 1 unspecified atom stereocenters. The van der Waals surface area contributed by atoms with E-state index in [9.17, 15) is 19.5 Å². The third-order valence-electron chi connectivity index (χ3n) is 4.79. The maximum Gasteiger partial charge on any atom is 1.00 e. The zero-order chi connectivity index (χ0) is 21.0. The Morgan fingerprint density at radius 1 is 0.793 bits per heavy atom. The van der Waals surface area contributed by atoms with Gasteiger partial charge in [-0.05, 0) is 32.2 Å². The average molecular weight is 438 g/mol. The van der Waals surface area contributed by atoms with Crippen molar-refractivity contribution in [2.24, 2.45) is 0 Å². The van der Waals surface area contributed by atoms with E-state index in [2.05, 4.69) is 19.2 Å². The van der Waals surface area contributed by atoms with Crippen LogP contribution >= 0.6 is 0 Å². The zero-order valence-electron chi connectivity index (χ0n) is 18.9. The monoisotopic (exact) mass is 437 g/mol. The van der Waals surface area contributed by atoms with E-state index >= 15 is 0 Å². The first-order valence-electron chi connectivity index (χ1n) is 11.2. The molecule has 0 aromatic rings. The van der Waals surface area contributed by atoms with Crippen LogP contribution in [-0.2, 0) is 19.1 Å². The van der Waals surface area contributed by atoms with Crippen molar-refractivity contribution in [1.29, 1.82) is 0 Å². The van der Waals surface area contributed by atoms with Gasteiger partial charge in [-0.3, -0.25) is 4.79 Å². The number of ether oxygens (including phenoxy) is 1. The minimum Gasteiger partial charge on any atom is -0.550 e. The Kier molecular flexibility index (Phi) is 24.8. The molecule has 164 valence electrons. The van der Waals surface area contributed by atoms with Gasteiger partial charge in [0.25, 0.3) is 0 Å². The standard InChI is InChI=1S/C22H41NO5.K/c1-3-5-7-8-9-10-11-12-13-15-21(26)28-22(27)19(16-17-20(24)25)23-18-14-6-4-2;/h19,23H,3-18H2,1-2H3,(H,24,25);/q;+1/p-1. The van der Waals surface area contributed by atoms with E-state index in [0.29, 0.717) is 13.0 Å². The van der Waals surface area contributed by atoms with Crippen molar-refractivity contribution in [3.63, 3.8) is 0 Å². The quantitative estimate of drug-likeness (QED) is 0.138. The van der Waals surface area contributed by atoms with Gasteiger partial charge in [-0.1, -0.05) is 78.1 Å².